The van der Waals surface area contributed by atoms with E-state index in [0.717, 1.165) is 5.56 Å². The van der Waals surface area contributed by atoms with Crippen LogP contribution in [0, 0.1) is 0 Å². The molecule has 3 N–H and O–H groups in total. The summed E-state index contributed by atoms with van der Waals surface area (Å²) in [5.41, 5.74) is 6.55. The quantitative estimate of drug-likeness (QED) is 0.313. The van der Waals surface area contributed by atoms with Crippen LogP contribution in [-0.2, 0) is 11.3 Å². The summed E-state index contributed by atoms with van der Waals surface area (Å²) in [6, 6.07) is 5.34. The third-order valence-corrected chi connectivity index (χ3v) is 2.88. The second kappa shape index (κ2) is 9.71. The van der Waals surface area contributed by atoms with Gasteiger partial charge in [0.05, 0.1) is 19.8 Å². The lowest BCUT2D eigenvalue weighted by molar-refractivity contribution is 0.128. The number of benzene rings is 1. The largest absolute Gasteiger partial charge is 0.375 e. The van der Waals surface area contributed by atoms with Gasteiger partial charge in [0.15, 0.2) is 5.96 Å². The molecule has 4 nitrogen and oxygen atoms in total. The number of hydrogen-bond donors (Lipinski definition) is 2. The monoisotopic (exact) mass is 445 g/mol. The summed E-state index contributed by atoms with van der Waals surface area (Å²) in [7, 11) is 0. The van der Waals surface area contributed by atoms with E-state index in [9.17, 15) is 0 Å². The Labute approximate surface area is 153 Å². The van der Waals surface area contributed by atoms with Crippen molar-refractivity contribution < 1.29 is 4.74 Å². The molecule has 0 atom stereocenters. The summed E-state index contributed by atoms with van der Waals surface area (Å²) in [5, 5.41) is 4.30. The van der Waals surface area contributed by atoms with Crippen LogP contribution in [0.2, 0.25) is 10.0 Å². The van der Waals surface area contributed by atoms with E-state index in [1.807, 2.05) is 26.8 Å². The van der Waals surface area contributed by atoms with Gasteiger partial charge in [0.25, 0.3) is 0 Å². The first-order valence-electron chi connectivity index (χ1n) is 6.38. The standard InChI is InChI=1S/C14H21Cl2N3O.HI/c1-14(2,3)19-13(17)18-6-7-20-9-10-4-5-11(15)8-12(10)16;/h4-5,8H,6-7,9H2,1-3H3,(H3,17,18,19);1H. The van der Waals surface area contributed by atoms with Crippen molar-refractivity contribution >= 4 is 53.1 Å². The molecular weight excluding hydrogens is 424 g/mol. The minimum atomic E-state index is -0.0920. The molecule has 120 valence electrons. The highest BCUT2D eigenvalue weighted by atomic mass is 127. The van der Waals surface area contributed by atoms with Crippen molar-refractivity contribution in [2.45, 2.75) is 32.9 Å². The van der Waals surface area contributed by atoms with E-state index in [2.05, 4.69) is 10.3 Å². The van der Waals surface area contributed by atoms with Crippen molar-refractivity contribution in [3.05, 3.63) is 33.8 Å². The second-order valence-electron chi connectivity index (χ2n) is 5.43. The molecule has 0 saturated heterocycles. The summed E-state index contributed by atoms with van der Waals surface area (Å²) in [6.45, 7) is 7.47. The number of aliphatic imine (C=N–C) groups is 1. The van der Waals surface area contributed by atoms with Gasteiger partial charge >= 0.3 is 0 Å². The molecule has 1 aromatic carbocycles. The van der Waals surface area contributed by atoms with Crippen LogP contribution in [0.1, 0.15) is 26.3 Å². The number of nitrogens with zero attached hydrogens (tertiary/aromatic N) is 1. The Morgan fingerprint density at radius 2 is 2.00 bits per heavy atom. The van der Waals surface area contributed by atoms with Crippen molar-refractivity contribution in [1.29, 1.82) is 0 Å². The van der Waals surface area contributed by atoms with Crippen LogP contribution in [0.4, 0.5) is 0 Å². The lowest BCUT2D eigenvalue weighted by atomic mass is 10.1. The molecule has 1 aromatic rings. The maximum absolute atomic E-state index is 6.04. The predicted molar refractivity (Wildman–Crippen MR) is 101 cm³/mol. The molecule has 0 aliphatic rings. The Kier molecular flexibility index (Phi) is 9.60. The van der Waals surface area contributed by atoms with Crippen molar-refractivity contribution in [2.24, 2.45) is 10.7 Å². The molecule has 0 bridgehead atoms. The Balaban J connectivity index is 0.00000400. The zero-order valence-corrected chi connectivity index (χ0v) is 16.3. The fourth-order valence-electron chi connectivity index (χ4n) is 1.48. The van der Waals surface area contributed by atoms with Gasteiger partial charge in [0.2, 0.25) is 0 Å². The first kappa shape index (κ1) is 20.8. The zero-order valence-electron chi connectivity index (χ0n) is 12.5. The van der Waals surface area contributed by atoms with Crippen molar-refractivity contribution in [2.75, 3.05) is 13.2 Å². The summed E-state index contributed by atoms with van der Waals surface area (Å²) in [4.78, 5) is 4.18. The summed E-state index contributed by atoms with van der Waals surface area (Å²) in [6.07, 6.45) is 0. The molecule has 21 heavy (non-hydrogen) atoms. The van der Waals surface area contributed by atoms with E-state index in [1.165, 1.54) is 0 Å². The Morgan fingerprint density at radius 1 is 1.33 bits per heavy atom. The van der Waals surface area contributed by atoms with Gasteiger partial charge in [-0.3, -0.25) is 4.99 Å². The number of ether oxygens (including phenoxy) is 1. The highest BCUT2D eigenvalue weighted by Crippen LogP contribution is 2.21. The zero-order chi connectivity index (χ0) is 15.2. The molecular formula is C14H22Cl2IN3O. The molecule has 0 aromatic heterocycles. The van der Waals surface area contributed by atoms with Crippen LogP contribution >= 0.6 is 47.2 Å². The summed E-state index contributed by atoms with van der Waals surface area (Å²) < 4.78 is 5.50. The minimum absolute atomic E-state index is 0. The van der Waals surface area contributed by atoms with E-state index >= 15 is 0 Å². The van der Waals surface area contributed by atoms with E-state index < -0.39 is 0 Å². The van der Waals surface area contributed by atoms with Crippen molar-refractivity contribution in [3.8, 4) is 0 Å². The van der Waals surface area contributed by atoms with E-state index in [4.69, 9.17) is 33.7 Å². The first-order chi connectivity index (χ1) is 9.28. The van der Waals surface area contributed by atoms with Crippen LogP contribution in [0.5, 0.6) is 0 Å². The molecule has 0 radical (unpaired) electrons. The van der Waals surface area contributed by atoms with Gasteiger partial charge in [-0.15, -0.1) is 24.0 Å². The SMILES string of the molecule is CC(C)(C)NC(N)=NCCOCc1ccc(Cl)cc1Cl.I. The number of hydrogen-bond acceptors (Lipinski definition) is 2. The van der Waals surface area contributed by atoms with Crippen LogP contribution in [-0.4, -0.2) is 24.7 Å². The lowest BCUT2D eigenvalue weighted by Crippen LogP contribution is -2.45. The van der Waals surface area contributed by atoms with Gasteiger partial charge in [0, 0.05) is 15.6 Å². The topological polar surface area (TPSA) is 59.6 Å². The van der Waals surface area contributed by atoms with Crippen molar-refractivity contribution in [1.82, 2.24) is 5.32 Å². The molecule has 0 aliphatic carbocycles. The third-order valence-electron chi connectivity index (χ3n) is 2.29. The van der Waals surface area contributed by atoms with Crippen LogP contribution < -0.4 is 11.1 Å². The highest BCUT2D eigenvalue weighted by Gasteiger charge is 2.09. The van der Waals surface area contributed by atoms with Crippen LogP contribution in [0.15, 0.2) is 23.2 Å². The summed E-state index contributed by atoms with van der Waals surface area (Å²) >= 11 is 11.9. The maximum Gasteiger partial charge on any atom is 0.189 e. The highest BCUT2D eigenvalue weighted by molar-refractivity contribution is 14.0. The van der Waals surface area contributed by atoms with Gasteiger partial charge in [-0.2, -0.15) is 0 Å². The number of nitrogens with one attached hydrogen (secondary N) is 1. The average Bonchev–Trinajstić information content (AvgIpc) is 2.28. The fraction of sp³-hybridized carbons (Fsp3) is 0.500. The third kappa shape index (κ3) is 9.39. The Hall–Kier alpha value is -0.240. The van der Waals surface area contributed by atoms with E-state index in [1.54, 1.807) is 12.1 Å². The Morgan fingerprint density at radius 3 is 2.57 bits per heavy atom. The minimum Gasteiger partial charge on any atom is -0.375 e. The van der Waals surface area contributed by atoms with Crippen LogP contribution in [0.3, 0.4) is 0 Å². The lowest BCUT2D eigenvalue weighted by Gasteiger charge is -2.20. The molecule has 0 aliphatic heterocycles. The Bertz CT molecular complexity index is 476. The van der Waals surface area contributed by atoms with E-state index in [0.29, 0.717) is 35.8 Å². The van der Waals surface area contributed by atoms with E-state index in [-0.39, 0.29) is 29.5 Å². The van der Waals surface area contributed by atoms with Crippen LogP contribution in [0.25, 0.3) is 0 Å². The van der Waals surface area contributed by atoms with Crippen molar-refractivity contribution in [3.63, 3.8) is 0 Å². The van der Waals surface area contributed by atoms with Gasteiger partial charge in [0.1, 0.15) is 0 Å². The number of rotatable bonds is 5. The van der Waals surface area contributed by atoms with Gasteiger partial charge in [-0.05, 0) is 38.5 Å². The molecule has 0 heterocycles. The molecule has 1 rings (SSSR count). The first-order valence-corrected chi connectivity index (χ1v) is 7.13. The number of guanidine groups is 1. The second-order valence-corrected chi connectivity index (χ2v) is 6.27. The molecule has 0 unspecified atom stereocenters. The predicted octanol–water partition coefficient (Wildman–Crippen LogP) is 3.83. The molecule has 0 saturated carbocycles. The molecule has 0 spiro atoms. The van der Waals surface area contributed by atoms with Gasteiger partial charge in [-0.25, -0.2) is 0 Å². The number of nitrogens with two attached hydrogens (primary N) is 1. The molecule has 0 fully saturated rings. The fourth-order valence-corrected chi connectivity index (χ4v) is 1.94. The molecule has 7 heteroatoms. The normalized spacial score (nSPS) is 12.0. The summed E-state index contributed by atoms with van der Waals surface area (Å²) in [5.74, 6) is 0.422. The van der Waals surface area contributed by atoms with Gasteiger partial charge < -0.3 is 15.8 Å². The van der Waals surface area contributed by atoms with Gasteiger partial charge in [-0.1, -0.05) is 29.3 Å². The average molecular weight is 446 g/mol. The number of halogens is 3. The molecule has 0 amide bonds. The smallest absolute Gasteiger partial charge is 0.189 e. The maximum atomic E-state index is 6.04.